The van der Waals surface area contributed by atoms with Crippen LogP contribution in [0.15, 0.2) is 45.4 Å². The van der Waals surface area contributed by atoms with Crippen molar-refractivity contribution in [2.24, 2.45) is 0 Å². The van der Waals surface area contributed by atoms with Gasteiger partial charge >= 0.3 is 5.97 Å². The maximum atomic E-state index is 12.7. The molecule has 0 aliphatic carbocycles. The summed E-state index contributed by atoms with van der Waals surface area (Å²) in [7, 11) is 4.56. The molecule has 0 radical (unpaired) electrons. The number of esters is 1. The summed E-state index contributed by atoms with van der Waals surface area (Å²) in [6.07, 6.45) is 1.62. The molecule has 3 heterocycles. The van der Waals surface area contributed by atoms with Crippen molar-refractivity contribution in [2.75, 3.05) is 21.3 Å². The van der Waals surface area contributed by atoms with Gasteiger partial charge in [0.1, 0.15) is 5.76 Å². The van der Waals surface area contributed by atoms with Gasteiger partial charge in [0.05, 0.1) is 39.7 Å². The Labute approximate surface area is 196 Å². The molecule has 3 aromatic heterocycles. The standard InChI is InChI=1S/C24H25N3O7/c1-14-9-18(15(2)27(14)12-17-7-6-8-32-17)24(28)33-13-21-25-26-23(34-21)16-10-19(29-3)22(31-5)20(11-16)30-4/h6-11H,12-13H2,1-5H3. The molecule has 0 atom stereocenters. The van der Waals surface area contributed by atoms with Crippen LogP contribution < -0.4 is 14.2 Å². The summed E-state index contributed by atoms with van der Waals surface area (Å²) >= 11 is 0. The molecule has 1 aromatic carbocycles. The van der Waals surface area contributed by atoms with Crippen molar-refractivity contribution >= 4 is 5.97 Å². The third-order valence-electron chi connectivity index (χ3n) is 5.39. The fourth-order valence-electron chi connectivity index (χ4n) is 3.65. The molecule has 0 saturated heterocycles. The van der Waals surface area contributed by atoms with Crippen LogP contribution in [0.2, 0.25) is 0 Å². The van der Waals surface area contributed by atoms with Crippen molar-refractivity contribution in [1.82, 2.24) is 14.8 Å². The minimum atomic E-state index is -0.480. The van der Waals surface area contributed by atoms with E-state index in [1.165, 1.54) is 21.3 Å². The van der Waals surface area contributed by atoms with Gasteiger partial charge in [-0.2, -0.15) is 0 Å². The van der Waals surface area contributed by atoms with Gasteiger partial charge in [0.2, 0.25) is 11.6 Å². The van der Waals surface area contributed by atoms with E-state index in [4.69, 9.17) is 27.8 Å². The van der Waals surface area contributed by atoms with Crippen LogP contribution in [0, 0.1) is 13.8 Å². The number of hydrogen-bond donors (Lipinski definition) is 0. The Hall–Kier alpha value is -4.21. The Morgan fingerprint density at radius 1 is 1.03 bits per heavy atom. The van der Waals surface area contributed by atoms with E-state index in [0.717, 1.165) is 17.1 Å². The minimum Gasteiger partial charge on any atom is -0.493 e. The van der Waals surface area contributed by atoms with Gasteiger partial charge in [0.15, 0.2) is 18.1 Å². The van der Waals surface area contributed by atoms with Crippen molar-refractivity contribution in [1.29, 1.82) is 0 Å². The van der Waals surface area contributed by atoms with Gasteiger partial charge < -0.3 is 32.3 Å². The van der Waals surface area contributed by atoms with E-state index in [1.54, 1.807) is 24.5 Å². The predicted molar refractivity (Wildman–Crippen MR) is 120 cm³/mol. The normalized spacial score (nSPS) is 10.9. The molecule has 0 fully saturated rings. The summed E-state index contributed by atoms with van der Waals surface area (Å²) in [4.78, 5) is 12.7. The highest BCUT2D eigenvalue weighted by Gasteiger charge is 2.20. The molecule has 0 spiro atoms. The number of hydrogen-bond acceptors (Lipinski definition) is 9. The Morgan fingerprint density at radius 2 is 1.76 bits per heavy atom. The summed E-state index contributed by atoms with van der Waals surface area (Å²) in [6.45, 7) is 4.15. The van der Waals surface area contributed by atoms with Crippen LogP contribution in [0.4, 0.5) is 0 Å². The third-order valence-corrected chi connectivity index (χ3v) is 5.39. The topological polar surface area (TPSA) is 111 Å². The predicted octanol–water partition coefficient (Wildman–Crippen LogP) is 4.18. The number of benzene rings is 1. The second-order valence-electron chi connectivity index (χ2n) is 7.44. The van der Waals surface area contributed by atoms with Crippen molar-refractivity contribution in [3.8, 4) is 28.7 Å². The maximum Gasteiger partial charge on any atom is 0.340 e. The Balaban J connectivity index is 1.47. The van der Waals surface area contributed by atoms with Gasteiger partial charge in [-0.15, -0.1) is 10.2 Å². The molecule has 0 aliphatic heterocycles. The van der Waals surface area contributed by atoms with E-state index >= 15 is 0 Å². The van der Waals surface area contributed by atoms with Crippen molar-refractivity contribution in [3.63, 3.8) is 0 Å². The third kappa shape index (κ3) is 4.47. The Bertz CT molecular complexity index is 1260. The first-order chi connectivity index (χ1) is 16.4. The van der Waals surface area contributed by atoms with Crippen LogP contribution in [0.5, 0.6) is 17.2 Å². The lowest BCUT2D eigenvalue weighted by atomic mass is 10.2. The van der Waals surface area contributed by atoms with Crippen molar-refractivity contribution in [3.05, 3.63) is 65.2 Å². The zero-order valence-corrected chi connectivity index (χ0v) is 19.6. The molecule has 0 unspecified atom stereocenters. The number of carbonyl (C=O) groups is 1. The van der Waals surface area contributed by atoms with Gasteiger partial charge in [-0.1, -0.05) is 0 Å². The quantitative estimate of drug-likeness (QED) is 0.335. The SMILES string of the molecule is COc1cc(-c2nnc(COC(=O)c3cc(C)n(Cc4ccco4)c3C)o2)cc(OC)c1OC. The van der Waals surface area contributed by atoms with E-state index in [9.17, 15) is 4.79 Å². The summed E-state index contributed by atoms with van der Waals surface area (Å²) in [5.74, 6) is 2.05. The van der Waals surface area contributed by atoms with E-state index < -0.39 is 5.97 Å². The number of aryl methyl sites for hydroxylation is 1. The summed E-state index contributed by atoms with van der Waals surface area (Å²) < 4.78 is 34.6. The Kier molecular flexibility index (Phi) is 6.58. The van der Waals surface area contributed by atoms with Crippen LogP contribution in [-0.2, 0) is 17.9 Å². The largest absolute Gasteiger partial charge is 0.493 e. The molecule has 0 bridgehead atoms. The smallest absolute Gasteiger partial charge is 0.340 e. The molecule has 4 rings (SSSR count). The molecule has 0 aliphatic rings. The number of rotatable bonds is 9. The van der Waals surface area contributed by atoms with E-state index in [0.29, 0.717) is 34.9 Å². The molecule has 4 aromatic rings. The molecule has 0 saturated carbocycles. The number of methoxy groups -OCH3 is 3. The molecule has 34 heavy (non-hydrogen) atoms. The maximum absolute atomic E-state index is 12.7. The van der Waals surface area contributed by atoms with Crippen LogP contribution in [-0.4, -0.2) is 42.1 Å². The van der Waals surface area contributed by atoms with Crippen LogP contribution in [0.1, 0.15) is 33.4 Å². The Morgan fingerprint density at radius 3 is 2.38 bits per heavy atom. The molecule has 10 nitrogen and oxygen atoms in total. The zero-order valence-electron chi connectivity index (χ0n) is 19.6. The zero-order chi connectivity index (χ0) is 24.2. The lowest BCUT2D eigenvalue weighted by Gasteiger charge is -2.12. The van der Waals surface area contributed by atoms with Crippen LogP contribution >= 0.6 is 0 Å². The van der Waals surface area contributed by atoms with E-state index in [-0.39, 0.29) is 18.4 Å². The molecular weight excluding hydrogens is 442 g/mol. The lowest BCUT2D eigenvalue weighted by Crippen LogP contribution is -2.08. The number of ether oxygens (including phenoxy) is 4. The number of aromatic nitrogens is 3. The highest BCUT2D eigenvalue weighted by molar-refractivity contribution is 5.91. The van der Waals surface area contributed by atoms with Gasteiger partial charge in [-0.25, -0.2) is 4.79 Å². The minimum absolute atomic E-state index is 0.154. The molecular formula is C24H25N3O7. The van der Waals surface area contributed by atoms with Gasteiger partial charge in [-0.3, -0.25) is 0 Å². The first kappa shape index (κ1) is 23.0. The summed E-state index contributed by atoms with van der Waals surface area (Å²) in [5.41, 5.74) is 2.74. The van der Waals surface area contributed by atoms with E-state index in [1.807, 2.05) is 30.5 Å². The molecule has 0 amide bonds. The average Bonchev–Trinajstić information content (AvgIpc) is 3.59. The fraction of sp³-hybridized carbons (Fsp3) is 0.292. The first-order valence-corrected chi connectivity index (χ1v) is 10.4. The monoisotopic (exact) mass is 467 g/mol. The average molecular weight is 467 g/mol. The molecule has 0 N–H and O–H groups in total. The summed E-state index contributed by atoms with van der Waals surface area (Å²) in [6, 6.07) is 8.89. The van der Waals surface area contributed by atoms with Crippen molar-refractivity contribution in [2.45, 2.75) is 27.0 Å². The first-order valence-electron chi connectivity index (χ1n) is 10.4. The summed E-state index contributed by atoms with van der Waals surface area (Å²) in [5, 5.41) is 8.03. The van der Waals surface area contributed by atoms with Gasteiger partial charge in [0.25, 0.3) is 5.89 Å². The number of nitrogens with zero attached hydrogens (tertiary/aromatic N) is 3. The lowest BCUT2D eigenvalue weighted by molar-refractivity contribution is 0.0437. The number of furan rings is 1. The second kappa shape index (κ2) is 9.74. The van der Waals surface area contributed by atoms with Crippen LogP contribution in [0.3, 0.4) is 0 Å². The van der Waals surface area contributed by atoms with Crippen LogP contribution in [0.25, 0.3) is 11.5 Å². The fourth-order valence-corrected chi connectivity index (χ4v) is 3.65. The van der Waals surface area contributed by atoms with Gasteiger partial charge in [0, 0.05) is 17.0 Å². The van der Waals surface area contributed by atoms with Crippen molar-refractivity contribution < 1.29 is 32.6 Å². The van der Waals surface area contributed by atoms with E-state index in [2.05, 4.69) is 10.2 Å². The molecule has 178 valence electrons. The highest BCUT2D eigenvalue weighted by Crippen LogP contribution is 2.40. The second-order valence-corrected chi connectivity index (χ2v) is 7.44. The highest BCUT2D eigenvalue weighted by atomic mass is 16.5. The van der Waals surface area contributed by atoms with Gasteiger partial charge in [-0.05, 0) is 44.2 Å². The number of carbonyl (C=O) groups excluding carboxylic acids is 1. The molecule has 10 heteroatoms.